The summed E-state index contributed by atoms with van der Waals surface area (Å²) < 4.78 is 14.5. The topological polar surface area (TPSA) is 190 Å². The Bertz CT molecular complexity index is 916. The highest BCUT2D eigenvalue weighted by atomic mass is 16.6. The molecule has 4 atom stereocenters. The number of amides is 3. The van der Waals surface area contributed by atoms with Crippen molar-refractivity contribution in [3.8, 4) is 0 Å². The van der Waals surface area contributed by atoms with Crippen LogP contribution in [0.3, 0.4) is 0 Å². The summed E-state index contributed by atoms with van der Waals surface area (Å²) in [5, 5.41) is 26.3. The van der Waals surface area contributed by atoms with E-state index in [1.54, 1.807) is 51.1 Å². The van der Waals surface area contributed by atoms with Gasteiger partial charge >= 0.3 is 18.0 Å². The Morgan fingerprint density at radius 3 is 2.08 bits per heavy atom. The second kappa shape index (κ2) is 14.0. The van der Waals surface area contributed by atoms with Crippen molar-refractivity contribution in [1.29, 1.82) is 0 Å². The number of hydrogen-bond acceptors (Lipinski definition) is 10. The summed E-state index contributed by atoms with van der Waals surface area (Å²) in [5.74, 6) is -4.40. The van der Waals surface area contributed by atoms with E-state index in [-0.39, 0.29) is 6.61 Å². The number of alkyl carbamates (subject to hydrolysis) is 1. The first kappa shape index (κ1) is 30.3. The van der Waals surface area contributed by atoms with Crippen LogP contribution in [0.5, 0.6) is 0 Å². The number of carbonyl (C=O) groups is 5. The van der Waals surface area contributed by atoms with Crippen molar-refractivity contribution in [2.75, 3.05) is 13.7 Å². The van der Waals surface area contributed by atoms with Crippen LogP contribution in [0.2, 0.25) is 0 Å². The lowest BCUT2D eigenvalue weighted by molar-refractivity contribution is -0.156. The van der Waals surface area contributed by atoms with Gasteiger partial charge in [0.25, 0.3) is 0 Å². The van der Waals surface area contributed by atoms with Gasteiger partial charge in [0.1, 0.15) is 24.3 Å². The molecule has 1 aromatic rings. The highest BCUT2D eigenvalue weighted by molar-refractivity contribution is 5.96. The molecule has 0 radical (unpaired) electrons. The van der Waals surface area contributed by atoms with Crippen molar-refractivity contribution >= 4 is 29.8 Å². The number of methoxy groups -OCH3 is 1. The first-order valence-corrected chi connectivity index (χ1v) is 11.0. The van der Waals surface area contributed by atoms with Crippen LogP contribution in [0.1, 0.15) is 33.3 Å². The molecule has 1 rings (SSSR count). The van der Waals surface area contributed by atoms with Crippen LogP contribution in [-0.2, 0) is 40.0 Å². The number of rotatable bonds is 11. The summed E-state index contributed by atoms with van der Waals surface area (Å²) in [7, 11) is 0.951. The molecule has 0 aliphatic rings. The minimum Gasteiger partial charge on any atom is -0.467 e. The van der Waals surface area contributed by atoms with Gasteiger partial charge in [-0.05, 0) is 33.3 Å². The minimum atomic E-state index is -2.17. The van der Waals surface area contributed by atoms with Crippen molar-refractivity contribution in [3.63, 3.8) is 0 Å². The molecule has 0 spiro atoms. The average Bonchev–Trinajstić information content (AvgIpc) is 2.82. The fourth-order valence-corrected chi connectivity index (χ4v) is 2.64. The number of ether oxygens (including phenoxy) is 3. The number of nitrogens with one attached hydrogen (secondary N) is 3. The van der Waals surface area contributed by atoms with Crippen LogP contribution in [0.15, 0.2) is 30.3 Å². The van der Waals surface area contributed by atoms with Crippen LogP contribution in [0, 0.1) is 0 Å². The smallest absolute Gasteiger partial charge is 0.408 e. The molecular formula is C23H33N3O10. The Morgan fingerprint density at radius 2 is 1.56 bits per heavy atom. The predicted octanol–water partition coefficient (Wildman–Crippen LogP) is -0.861. The van der Waals surface area contributed by atoms with Crippen LogP contribution in [0.25, 0.3) is 0 Å². The number of carbonyl (C=O) groups excluding carboxylic acids is 5. The van der Waals surface area contributed by atoms with Crippen molar-refractivity contribution < 1.29 is 48.4 Å². The molecule has 0 saturated heterocycles. The molecule has 0 aliphatic carbocycles. The molecule has 0 fully saturated rings. The van der Waals surface area contributed by atoms with Crippen molar-refractivity contribution in [3.05, 3.63) is 35.9 Å². The van der Waals surface area contributed by atoms with Gasteiger partial charge in [-0.3, -0.25) is 9.59 Å². The maximum Gasteiger partial charge on any atom is 0.408 e. The van der Waals surface area contributed by atoms with Gasteiger partial charge in [0.15, 0.2) is 12.1 Å². The fourth-order valence-electron chi connectivity index (χ4n) is 2.64. The van der Waals surface area contributed by atoms with Gasteiger partial charge in [0.2, 0.25) is 11.8 Å². The van der Waals surface area contributed by atoms with Gasteiger partial charge in [-0.1, -0.05) is 30.3 Å². The van der Waals surface area contributed by atoms with E-state index in [2.05, 4.69) is 20.7 Å². The summed E-state index contributed by atoms with van der Waals surface area (Å²) in [4.78, 5) is 61.5. The predicted molar refractivity (Wildman–Crippen MR) is 124 cm³/mol. The van der Waals surface area contributed by atoms with Crippen molar-refractivity contribution in [1.82, 2.24) is 16.0 Å². The molecule has 0 aliphatic heterocycles. The monoisotopic (exact) mass is 511 g/mol. The number of benzene rings is 1. The van der Waals surface area contributed by atoms with Gasteiger partial charge in [0, 0.05) is 0 Å². The van der Waals surface area contributed by atoms with Crippen LogP contribution < -0.4 is 16.0 Å². The third-order valence-corrected chi connectivity index (χ3v) is 4.47. The minimum absolute atomic E-state index is 0.134. The number of aliphatic hydroxyl groups excluding tert-OH is 2. The molecule has 13 heteroatoms. The Kier molecular flexibility index (Phi) is 11.8. The van der Waals surface area contributed by atoms with Gasteiger partial charge in [-0.25, -0.2) is 14.4 Å². The fraction of sp³-hybridized carbons (Fsp3) is 0.522. The molecule has 200 valence electrons. The second-order valence-corrected chi connectivity index (χ2v) is 8.66. The third-order valence-electron chi connectivity index (χ3n) is 4.47. The number of esters is 2. The highest BCUT2D eigenvalue weighted by Gasteiger charge is 2.37. The van der Waals surface area contributed by atoms with Crippen LogP contribution in [0.4, 0.5) is 4.79 Å². The number of hydrogen-bond donors (Lipinski definition) is 5. The zero-order valence-corrected chi connectivity index (χ0v) is 20.8. The molecule has 13 nitrogen and oxygen atoms in total. The molecule has 0 aromatic heterocycles. The molecule has 0 bridgehead atoms. The molecule has 5 N–H and O–H groups in total. The summed E-state index contributed by atoms with van der Waals surface area (Å²) in [6, 6.07) is 3.88. The lowest BCUT2D eigenvalue weighted by Crippen LogP contribution is -2.61. The largest absolute Gasteiger partial charge is 0.467 e. The van der Waals surface area contributed by atoms with E-state index in [1.165, 1.54) is 6.92 Å². The molecule has 3 amide bonds. The molecule has 1 aromatic carbocycles. The lowest BCUT2D eigenvalue weighted by Gasteiger charge is -2.26. The molecule has 36 heavy (non-hydrogen) atoms. The number of aliphatic hydroxyl groups is 2. The summed E-state index contributed by atoms with van der Waals surface area (Å²) in [5.41, 5.74) is -0.176. The maximum absolute atomic E-state index is 12.8. The average molecular weight is 512 g/mol. The molecule has 0 heterocycles. The Labute approximate surface area is 208 Å². The summed E-state index contributed by atoms with van der Waals surface area (Å²) in [6.45, 7) is 5.12. The van der Waals surface area contributed by atoms with Gasteiger partial charge in [-0.15, -0.1) is 0 Å². The molecule has 1 unspecified atom stereocenters. The maximum atomic E-state index is 12.8. The Balaban J connectivity index is 2.90. The quantitative estimate of drug-likeness (QED) is 0.185. The second-order valence-electron chi connectivity index (χ2n) is 8.66. The van der Waals surface area contributed by atoms with E-state index < -0.39 is 66.3 Å². The first-order valence-electron chi connectivity index (χ1n) is 11.0. The van der Waals surface area contributed by atoms with E-state index in [4.69, 9.17) is 9.47 Å². The van der Waals surface area contributed by atoms with Crippen molar-refractivity contribution in [2.45, 2.75) is 64.1 Å². The third kappa shape index (κ3) is 10.3. The van der Waals surface area contributed by atoms with Crippen LogP contribution >= 0.6 is 0 Å². The van der Waals surface area contributed by atoms with Crippen molar-refractivity contribution in [2.24, 2.45) is 0 Å². The molecule has 0 saturated carbocycles. The van der Waals surface area contributed by atoms with E-state index in [9.17, 15) is 34.2 Å². The first-order chi connectivity index (χ1) is 16.8. The van der Waals surface area contributed by atoms with Gasteiger partial charge < -0.3 is 40.4 Å². The Morgan fingerprint density at radius 1 is 0.944 bits per heavy atom. The molecular weight excluding hydrogens is 478 g/mol. The lowest BCUT2D eigenvalue weighted by atomic mass is 10.1. The summed E-state index contributed by atoms with van der Waals surface area (Å²) >= 11 is 0. The zero-order chi connectivity index (χ0) is 27.5. The standard InChI is InChI=1S/C23H33N3O10/c1-13(24-22(33)36-23(2,3)4)18(29)26-16(17(28)21(32)34-5)19(30)25-15(11-27)20(31)35-12-14-9-7-6-8-10-14/h6-10,13,15-17,27-28H,11-12H2,1-5H3,(H,24,33)(H,25,30)(H,26,29)/t13-,15+,16?,17+/m1/s1. The van der Waals surface area contributed by atoms with E-state index in [0.717, 1.165) is 7.11 Å². The van der Waals surface area contributed by atoms with Gasteiger partial charge in [0.05, 0.1) is 13.7 Å². The van der Waals surface area contributed by atoms with E-state index in [1.807, 2.05) is 0 Å². The normalized spacial score (nSPS) is 14.3. The van der Waals surface area contributed by atoms with Crippen LogP contribution in [-0.4, -0.2) is 83.6 Å². The zero-order valence-electron chi connectivity index (χ0n) is 20.8. The van der Waals surface area contributed by atoms with E-state index >= 15 is 0 Å². The SMILES string of the molecule is COC(=O)[C@@H](O)C(NC(=O)[C@@H](C)NC(=O)OC(C)(C)C)C(=O)N[C@@H](CO)C(=O)OCc1ccccc1. The van der Waals surface area contributed by atoms with Gasteiger partial charge in [-0.2, -0.15) is 0 Å². The summed E-state index contributed by atoms with van der Waals surface area (Å²) in [6.07, 6.45) is -3.09. The van der Waals surface area contributed by atoms with E-state index in [0.29, 0.717) is 5.56 Å². The highest BCUT2D eigenvalue weighted by Crippen LogP contribution is 2.07. The Hall–Kier alpha value is -3.71.